The molecule has 0 spiro atoms. The lowest BCUT2D eigenvalue weighted by Gasteiger charge is -2.31. The van der Waals surface area contributed by atoms with Crippen LogP contribution in [-0.2, 0) is 21.9 Å². The zero-order chi connectivity index (χ0) is 13.8. The smallest absolute Gasteiger partial charge is 0.242 e. The molecule has 7 heteroatoms. The number of nitrogens with zero attached hydrogens (tertiary/aromatic N) is 3. The van der Waals surface area contributed by atoms with E-state index in [1.807, 2.05) is 5.38 Å². The van der Waals surface area contributed by atoms with E-state index in [1.54, 1.807) is 23.3 Å². The second kappa shape index (κ2) is 6.34. The summed E-state index contributed by atoms with van der Waals surface area (Å²) in [4.78, 5) is 30.7. The van der Waals surface area contributed by atoms with Crippen LogP contribution in [0.4, 0.5) is 0 Å². The quantitative estimate of drug-likeness (QED) is 0.766. The molecule has 0 atom stereocenters. The molecule has 1 aromatic heterocycles. The van der Waals surface area contributed by atoms with Gasteiger partial charge in [-0.2, -0.15) is 0 Å². The number of thiazole rings is 1. The molecule has 2 rings (SSSR count). The van der Waals surface area contributed by atoms with Crippen LogP contribution in [0.3, 0.4) is 0 Å². The van der Waals surface area contributed by atoms with E-state index < -0.39 is 0 Å². The summed E-state index contributed by atoms with van der Waals surface area (Å²) in [5, 5.41) is 2.98. The lowest BCUT2D eigenvalue weighted by molar-refractivity contribution is -0.148. The van der Waals surface area contributed by atoms with Crippen molar-refractivity contribution in [2.24, 2.45) is 0 Å². The van der Waals surface area contributed by atoms with E-state index in [0.717, 1.165) is 23.5 Å². The standard InChI is InChI=1S/C12H16ClN3O2S/c1-15-6-12(18)16(7-11(15)17)4-2-3-10-14-9(5-13)8-19-10/h8H,2-7H2,1H3. The van der Waals surface area contributed by atoms with Crippen LogP contribution in [0.2, 0.25) is 0 Å². The Morgan fingerprint density at radius 3 is 2.84 bits per heavy atom. The molecule has 0 N–H and O–H groups in total. The van der Waals surface area contributed by atoms with Crippen LogP contribution in [-0.4, -0.2) is 53.3 Å². The average Bonchev–Trinajstić information content (AvgIpc) is 2.83. The van der Waals surface area contributed by atoms with Crippen molar-refractivity contribution in [1.82, 2.24) is 14.8 Å². The number of alkyl halides is 1. The van der Waals surface area contributed by atoms with Gasteiger partial charge in [0.25, 0.3) is 0 Å². The highest BCUT2D eigenvalue weighted by molar-refractivity contribution is 7.09. The summed E-state index contributed by atoms with van der Waals surface area (Å²) in [5.41, 5.74) is 0.896. The maximum Gasteiger partial charge on any atom is 0.242 e. The number of amides is 2. The highest BCUT2D eigenvalue weighted by Crippen LogP contribution is 2.14. The van der Waals surface area contributed by atoms with Crippen molar-refractivity contribution in [2.75, 3.05) is 26.7 Å². The maximum absolute atomic E-state index is 11.7. The van der Waals surface area contributed by atoms with E-state index in [9.17, 15) is 9.59 Å². The van der Waals surface area contributed by atoms with Gasteiger partial charge in [-0.25, -0.2) is 4.98 Å². The third-order valence-corrected chi connectivity index (χ3v) is 4.26. The van der Waals surface area contributed by atoms with Crippen molar-refractivity contribution in [3.8, 4) is 0 Å². The Hall–Kier alpha value is -1.14. The van der Waals surface area contributed by atoms with Gasteiger partial charge in [0, 0.05) is 25.4 Å². The third-order valence-electron chi connectivity index (χ3n) is 3.03. The first-order chi connectivity index (χ1) is 9.10. The molecule has 0 aromatic carbocycles. The van der Waals surface area contributed by atoms with Crippen LogP contribution in [0.1, 0.15) is 17.1 Å². The first kappa shape index (κ1) is 14.3. The molecule has 0 radical (unpaired) electrons. The summed E-state index contributed by atoms with van der Waals surface area (Å²) in [7, 11) is 1.65. The van der Waals surface area contributed by atoms with Crippen LogP contribution >= 0.6 is 22.9 Å². The topological polar surface area (TPSA) is 53.5 Å². The Morgan fingerprint density at radius 2 is 2.16 bits per heavy atom. The summed E-state index contributed by atoms with van der Waals surface area (Å²) in [5.74, 6) is 0.447. The molecule has 2 heterocycles. The van der Waals surface area contributed by atoms with Gasteiger partial charge in [-0.1, -0.05) is 0 Å². The first-order valence-electron chi connectivity index (χ1n) is 6.11. The molecule has 2 amide bonds. The van der Waals surface area contributed by atoms with Gasteiger partial charge in [-0.05, 0) is 6.42 Å². The van der Waals surface area contributed by atoms with Gasteiger partial charge in [0.15, 0.2) is 0 Å². The SMILES string of the molecule is CN1CC(=O)N(CCCc2nc(CCl)cs2)CC1=O. The number of aromatic nitrogens is 1. The van der Waals surface area contributed by atoms with Gasteiger partial charge in [0.05, 0.1) is 29.7 Å². The normalized spacial score (nSPS) is 16.3. The molecule has 0 unspecified atom stereocenters. The van der Waals surface area contributed by atoms with Crippen LogP contribution < -0.4 is 0 Å². The molecule has 0 saturated carbocycles. The Bertz CT molecular complexity index is 477. The number of rotatable bonds is 5. The third kappa shape index (κ3) is 3.67. The van der Waals surface area contributed by atoms with Crippen LogP contribution in [0.15, 0.2) is 5.38 Å². The Balaban J connectivity index is 1.79. The largest absolute Gasteiger partial charge is 0.335 e. The van der Waals surface area contributed by atoms with Gasteiger partial charge >= 0.3 is 0 Å². The van der Waals surface area contributed by atoms with E-state index in [-0.39, 0.29) is 24.9 Å². The predicted molar refractivity (Wildman–Crippen MR) is 74.2 cm³/mol. The van der Waals surface area contributed by atoms with Crippen molar-refractivity contribution in [2.45, 2.75) is 18.7 Å². The molecule has 1 aliphatic heterocycles. The minimum absolute atomic E-state index is 0.00160. The number of halogens is 1. The Kier molecular flexibility index (Phi) is 4.76. The Labute approximate surface area is 121 Å². The molecule has 1 aliphatic rings. The van der Waals surface area contributed by atoms with E-state index in [2.05, 4.69) is 4.98 Å². The fourth-order valence-electron chi connectivity index (χ4n) is 1.91. The zero-order valence-corrected chi connectivity index (χ0v) is 12.3. The minimum atomic E-state index is -0.00160. The van der Waals surface area contributed by atoms with Crippen LogP contribution in [0, 0.1) is 0 Å². The average molecular weight is 302 g/mol. The number of aryl methyl sites for hydroxylation is 1. The summed E-state index contributed by atoms with van der Waals surface area (Å²) in [6.07, 6.45) is 1.63. The van der Waals surface area contributed by atoms with Gasteiger partial charge in [0.1, 0.15) is 0 Å². The molecule has 0 bridgehead atoms. The van der Waals surface area contributed by atoms with E-state index in [0.29, 0.717) is 12.4 Å². The minimum Gasteiger partial charge on any atom is -0.335 e. The molecule has 19 heavy (non-hydrogen) atoms. The van der Waals surface area contributed by atoms with Gasteiger partial charge in [-0.3, -0.25) is 9.59 Å². The first-order valence-corrected chi connectivity index (χ1v) is 7.52. The number of carbonyl (C=O) groups is 2. The lowest BCUT2D eigenvalue weighted by Crippen LogP contribution is -2.52. The number of piperazine rings is 1. The Morgan fingerprint density at radius 1 is 1.37 bits per heavy atom. The molecule has 1 saturated heterocycles. The van der Waals surface area contributed by atoms with Crippen molar-refractivity contribution in [1.29, 1.82) is 0 Å². The lowest BCUT2D eigenvalue weighted by atomic mass is 10.2. The summed E-state index contributed by atoms with van der Waals surface area (Å²) >= 11 is 7.28. The highest BCUT2D eigenvalue weighted by atomic mass is 35.5. The molecule has 0 aliphatic carbocycles. The molecule has 1 aromatic rings. The fraction of sp³-hybridized carbons (Fsp3) is 0.583. The number of hydrogen-bond acceptors (Lipinski definition) is 4. The molecular formula is C12H16ClN3O2S. The summed E-state index contributed by atoms with van der Waals surface area (Å²) in [6.45, 7) is 0.987. The summed E-state index contributed by atoms with van der Waals surface area (Å²) in [6, 6.07) is 0. The van der Waals surface area contributed by atoms with Gasteiger partial charge in [0.2, 0.25) is 11.8 Å². The van der Waals surface area contributed by atoms with Crippen LogP contribution in [0.25, 0.3) is 0 Å². The van der Waals surface area contributed by atoms with Crippen LogP contribution in [0.5, 0.6) is 0 Å². The second-order valence-electron chi connectivity index (χ2n) is 4.53. The molecule has 104 valence electrons. The van der Waals surface area contributed by atoms with E-state index in [4.69, 9.17) is 11.6 Å². The van der Waals surface area contributed by atoms with Crippen molar-refractivity contribution < 1.29 is 9.59 Å². The molecule has 1 fully saturated rings. The van der Waals surface area contributed by atoms with Crippen molar-refractivity contribution in [3.05, 3.63) is 16.1 Å². The predicted octanol–water partition coefficient (Wildman–Crippen LogP) is 1.12. The molecule has 5 nitrogen and oxygen atoms in total. The van der Waals surface area contributed by atoms with Gasteiger partial charge in [-0.15, -0.1) is 22.9 Å². The number of likely N-dealkylation sites (N-methyl/N-ethyl adjacent to an activating group) is 1. The molecular weight excluding hydrogens is 286 g/mol. The van der Waals surface area contributed by atoms with Gasteiger partial charge < -0.3 is 9.80 Å². The summed E-state index contributed by atoms with van der Waals surface area (Å²) < 4.78 is 0. The zero-order valence-electron chi connectivity index (χ0n) is 10.8. The monoisotopic (exact) mass is 301 g/mol. The second-order valence-corrected chi connectivity index (χ2v) is 5.74. The van der Waals surface area contributed by atoms with E-state index >= 15 is 0 Å². The number of hydrogen-bond donors (Lipinski definition) is 0. The van der Waals surface area contributed by atoms with E-state index in [1.165, 1.54) is 4.90 Å². The van der Waals surface area contributed by atoms with Crippen molar-refractivity contribution in [3.63, 3.8) is 0 Å². The highest BCUT2D eigenvalue weighted by Gasteiger charge is 2.26. The number of carbonyl (C=O) groups excluding carboxylic acids is 2. The maximum atomic E-state index is 11.7. The van der Waals surface area contributed by atoms with Crippen molar-refractivity contribution >= 4 is 34.8 Å². The fourth-order valence-corrected chi connectivity index (χ4v) is 2.98.